The van der Waals surface area contributed by atoms with Crippen molar-refractivity contribution < 1.29 is 9.90 Å². The van der Waals surface area contributed by atoms with Crippen LogP contribution in [-0.2, 0) is 4.79 Å². The molecule has 0 atom stereocenters. The molecule has 0 unspecified atom stereocenters. The van der Waals surface area contributed by atoms with Crippen molar-refractivity contribution in [2.24, 2.45) is 0 Å². The van der Waals surface area contributed by atoms with Crippen molar-refractivity contribution >= 4 is 28.6 Å². The second-order valence-electron chi connectivity index (χ2n) is 3.59. The summed E-state index contributed by atoms with van der Waals surface area (Å²) >= 11 is 2.35. The summed E-state index contributed by atoms with van der Waals surface area (Å²) in [6.45, 7) is 3.07. The molecule has 82 valence electrons. The molecule has 0 amide bonds. The topological polar surface area (TPSA) is 52.6 Å². The third-order valence-electron chi connectivity index (χ3n) is 2.47. The van der Waals surface area contributed by atoms with Crippen LogP contribution in [0.4, 0.5) is 0 Å². The van der Waals surface area contributed by atoms with Crippen molar-refractivity contribution in [3.63, 3.8) is 0 Å². The standard InChI is InChI=1S/C9H17IN2O2/c10-3-4-11-8-1-5-12(6-2-8)7-9(13)14/h8,11H,1-7H2,(H,13,14). The van der Waals surface area contributed by atoms with Gasteiger partial charge in [0.2, 0.25) is 0 Å². The number of piperidine rings is 1. The van der Waals surface area contributed by atoms with Crippen molar-refractivity contribution in [2.75, 3.05) is 30.6 Å². The lowest BCUT2D eigenvalue weighted by Gasteiger charge is -2.31. The summed E-state index contributed by atoms with van der Waals surface area (Å²) in [5.74, 6) is -0.719. The van der Waals surface area contributed by atoms with E-state index in [4.69, 9.17) is 5.11 Å². The SMILES string of the molecule is O=C(O)CN1CCC(NCCI)CC1. The number of aliphatic carboxylic acids is 1. The molecule has 1 saturated heterocycles. The van der Waals surface area contributed by atoms with Gasteiger partial charge in [-0.15, -0.1) is 0 Å². The molecule has 2 N–H and O–H groups in total. The molecule has 1 aliphatic rings. The Kier molecular flexibility index (Phi) is 5.73. The maximum Gasteiger partial charge on any atom is 0.317 e. The van der Waals surface area contributed by atoms with Gasteiger partial charge in [-0.3, -0.25) is 9.69 Å². The number of hydrogen-bond acceptors (Lipinski definition) is 3. The molecule has 0 aliphatic carbocycles. The quantitative estimate of drug-likeness (QED) is 0.575. The molecule has 1 rings (SSSR count). The first kappa shape index (κ1) is 12.2. The maximum absolute atomic E-state index is 10.5. The molecule has 1 fully saturated rings. The van der Waals surface area contributed by atoms with Crippen molar-refractivity contribution in [1.82, 2.24) is 10.2 Å². The summed E-state index contributed by atoms with van der Waals surface area (Å²) in [7, 11) is 0. The van der Waals surface area contributed by atoms with Crippen LogP contribution in [0.15, 0.2) is 0 Å². The highest BCUT2D eigenvalue weighted by Gasteiger charge is 2.19. The first-order chi connectivity index (χ1) is 6.72. The Morgan fingerprint density at radius 3 is 2.64 bits per heavy atom. The third-order valence-corrected chi connectivity index (χ3v) is 3.01. The van der Waals surface area contributed by atoms with Crippen molar-refractivity contribution in [3.8, 4) is 0 Å². The lowest BCUT2D eigenvalue weighted by Crippen LogP contribution is -2.44. The van der Waals surface area contributed by atoms with Crippen LogP contribution in [0.5, 0.6) is 0 Å². The third kappa shape index (κ3) is 4.56. The van der Waals surface area contributed by atoms with Crippen LogP contribution in [0.2, 0.25) is 0 Å². The molecule has 0 aromatic heterocycles. The zero-order valence-corrected chi connectivity index (χ0v) is 10.4. The second kappa shape index (κ2) is 6.58. The van der Waals surface area contributed by atoms with E-state index in [-0.39, 0.29) is 6.54 Å². The highest BCUT2D eigenvalue weighted by atomic mass is 127. The fourth-order valence-electron chi connectivity index (χ4n) is 1.75. The zero-order chi connectivity index (χ0) is 10.4. The molecule has 0 saturated carbocycles. The minimum Gasteiger partial charge on any atom is -0.480 e. The Hall–Kier alpha value is 0.120. The number of carbonyl (C=O) groups is 1. The Balaban J connectivity index is 2.14. The van der Waals surface area contributed by atoms with E-state index in [0.29, 0.717) is 6.04 Å². The normalized spacial score (nSPS) is 19.8. The fraction of sp³-hybridized carbons (Fsp3) is 0.889. The van der Waals surface area contributed by atoms with E-state index in [1.165, 1.54) is 0 Å². The molecule has 0 aromatic carbocycles. The van der Waals surface area contributed by atoms with Crippen molar-refractivity contribution in [2.45, 2.75) is 18.9 Å². The first-order valence-corrected chi connectivity index (χ1v) is 6.48. The fourth-order valence-corrected chi connectivity index (χ4v) is 2.06. The number of nitrogens with one attached hydrogen (secondary N) is 1. The van der Waals surface area contributed by atoms with Crippen LogP contribution in [0, 0.1) is 0 Å². The van der Waals surface area contributed by atoms with Crippen LogP contribution in [0.3, 0.4) is 0 Å². The van der Waals surface area contributed by atoms with E-state index < -0.39 is 5.97 Å². The predicted octanol–water partition coefficient (Wildman–Crippen LogP) is 0.560. The lowest BCUT2D eigenvalue weighted by atomic mass is 10.1. The number of nitrogens with zero attached hydrogens (tertiary/aromatic N) is 1. The Morgan fingerprint density at radius 2 is 2.14 bits per heavy atom. The van der Waals surface area contributed by atoms with Crippen LogP contribution in [0.1, 0.15) is 12.8 Å². The van der Waals surface area contributed by atoms with Gasteiger partial charge in [0, 0.05) is 30.1 Å². The number of likely N-dealkylation sites (tertiary alicyclic amines) is 1. The minimum absolute atomic E-state index is 0.193. The van der Waals surface area contributed by atoms with Gasteiger partial charge in [0.15, 0.2) is 0 Å². The van der Waals surface area contributed by atoms with Gasteiger partial charge in [-0.2, -0.15) is 0 Å². The molecule has 1 aliphatic heterocycles. The molecule has 0 aromatic rings. The van der Waals surface area contributed by atoms with Gasteiger partial charge in [0.1, 0.15) is 0 Å². The lowest BCUT2D eigenvalue weighted by molar-refractivity contribution is -0.138. The molecular formula is C9H17IN2O2. The molecule has 0 radical (unpaired) electrons. The second-order valence-corrected chi connectivity index (χ2v) is 4.67. The predicted molar refractivity (Wildman–Crippen MR) is 64.0 cm³/mol. The van der Waals surface area contributed by atoms with Gasteiger partial charge >= 0.3 is 5.97 Å². The number of hydrogen-bond donors (Lipinski definition) is 2. The molecule has 0 spiro atoms. The summed E-state index contributed by atoms with van der Waals surface area (Å²) in [6.07, 6.45) is 2.15. The van der Waals surface area contributed by atoms with E-state index >= 15 is 0 Å². The summed E-state index contributed by atoms with van der Waals surface area (Å²) in [4.78, 5) is 12.5. The van der Waals surface area contributed by atoms with Crippen molar-refractivity contribution in [1.29, 1.82) is 0 Å². The summed E-state index contributed by atoms with van der Waals surface area (Å²) in [5, 5.41) is 12.1. The minimum atomic E-state index is -0.719. The molecular weight excluding hydrogens is 295 g/mol. The van der Waals surface area contributed by atoms with E-state index in [0.717, 1.165) is 36.9 Å². The molecule has 5 heteroatoms. The molecule has 14 heavy (non-hydrogen) atoms. The average Bonchev–Trinajstić information content (AvgIpc) is 2.16. The maximum atomic E-state index is 10.5. The largest absolute Gasteiger partial charge is 0.480 e. The average molecular weight is 312 g/mol. The highest BCUT2D eigenvalue weighted by Crippen LogP contribution is 2.09. The monoisotopic (exact) mass is 312 g/mol. The van der Waals surface area contributed by atoms with Gasteiger partial charge in [-0.1, -0.05) is 22.6 Å². The number of rotatable bonds is 5. The highest BCUT2D eigenvalue weighted by molar-refractivity contribution is 14.1. The summed E-state index contributed by atoms with van der Waals surface area (Å²) in [5.41, 5.74) is 0. The van der Waals surface area contributed by atoms with Crippen molar-refractivity contribution in [3.05, 3.63) is 0 Å². The van der Waals surface area contributed by atoms with E-state index in [9.17, 15) is 4.79 Å². The van der Waals surface area contributed by atoms with Gasteiger partial charge in [0.05, 0.1) is 6.54 Å². The van der Waals surface area contributed by atoms with Gasteiger partial charge in [-0.05, 0) is 12.8 Å². The Morgan fingerprint density at radius 1 is 1.50 bits per heavy atom. The molecule has 0 bridgehead atoms. The van der Waals surface area contributed by atoms with Gasteiger partial charge in [-0.25, -0.2) is 0 Å². The van der Waals surface area contributed by atoms with E-state index in [1.807, 2.05) is 4.90 Å². The smallest absolute Gasteiger partial charge is 0.317 e. The zero-order valence-electron chi connectivity index (χ0n) is 8.21. The molecule has 4 nitrogen and oxygen atoms in total. The van der Waals surface area contributed by atoms with Crippen LogP contribution in [0.25, 0.3) is 0 Å². The van der Waals surface area contributed by atoms with E-state index in [2.05, 4.69) is 27.9 Å². The Bertz CT molecular complexity index is 182. The number of alkyl halides is 1. The summed E-state index contributed by atoms with van der Waals surface area (Å²) in [6, 6.07) is 0.592. The van der Waals surface area contributed by atoms with Gasteiger partial charge < -0.3 is 10.4 Å². The van der Waals surface area contributed by atoms with Crippen LogP contribution in [-0.4, -0.2) is 52.6 Å². The van der Waals surface area contributed by atoms with Crippen LogP contribution >= 0.6 is 22.6 Å². The number of carboxylic acid groups (broad SMARTS) is 1. The first-order valence-electron chi connectivity index (χ1n) is 4.96. The number of halogens is 1. The summed E-state index contributed by atoms with van der Waals surface area (Å²) < 4.78 is 1.13. The Labute approximate surface area is 98.2 Å². The molecule has 1 heterocycles. The number of carboxylic acids is 1. The van der Waals surface area contributed by atoms with Crippen LogP contribution < -0.4 is 5.32 Å². The van der Waals surface area contributed by atoms with Gasteiger partial charge in [0.25, 0.3) is 0 Å². The van der Waals surface area contributed by atoms with E-state index in [1.54, 1.807) is 0 Å².